The van der Waals surface area contributed by atoms with Crippen molar-refractivity contribution >= 4 is 0 Å². The van der Waals surface area contributed by atoms with Crippen molar-refractivity contribution in [1.82, 2.24) is 0 Å². The van der Waals surface area contributed by atoms with E-state index in [-0.39, 0.29) is 0 Å². The van der Waals surface area contributed by atoms with Gasteiger partial charge in [0.05, 0.1) is 0 Å². The average Bonchev–Trinajstić information content (AvgIpc) is 2.88. The van der Waals surface area contributed by atoms with E-state index in [1.54, 1.807) is 11.1 Å². The molecule has 0 aromatic heterocycles. The first-order chi connectivity index (χ1) is 16.8. The summed E-state index contributed by atoms with van der Waals surface area (Å²) in [6.45, 7) is 4.65. The Balaban J connectivity index is 1.21. The van der Waals surface area contributed by atoms with Crippen LogP contribution in [0.15, 0.2) is 24.3 Å². The van der Waals surface area contributed by atoms with Crippen molar-refractivity contribution in [2.75, 3.05) is 0 Å². The maximum absolute atomic E-state index is 2.44. The molecular formula is C34H58. The molecule has 1 aromatic rings. The Morgan fingerprint density at radius 1 is 0.441 bits per heavy atom. The van der Waals surface area contributed by atoms with Gasteiger partial charge in [0.25, 0.3) is 0 Å². The third-order valence-electron chi connectivity index (χ3n) is 9.56. The van der Waals surface area contributed by atoms with E-state index < -0.39 is 0 Å². The van der Waals surface area contributed by atoms with Gasteiger partial charge in [-0.05, 0) is 60.5 Å². The normalized spacial score (nSPS) is 25.5. The van der Waals surface area contributed by atoms with Crippen LogP contribution in [0.4, 0.5) is 0 Å². The standard InChI is InChI=1S/C34H58/c1-3-5-7-11-29-15-17-31(18-16-29)13-9-10-14-32-21-25-34(26-22-32)28-27-33-23-19-30(20-24-33)12-8-6-4-2/h21-22,25-26,29-31,33H,3-20,23-24,27-28H2,1-2H3/t29-,30-,31-,33-. The molecule has 2 aliphatic carbocycles. The van der Waals surface area contributed by atoms with Crippen LogP contribution in [0.25, 0.3) is 0 Å². The summed E-state index contributed by atoms with van der Waals surface area (Å²) in [4.78, 5) is 0. The Kier molecular flexibility index (Phi) is 13.7. The summed E-state index contributed by atoms with van der Waals surface area (Å²) < 4.78 is 0. The molecule has 0 bridgehead atoms. The summed E-state index contributed by atoms with van der Waals surface area (Å²) >= 11 is 0. The maximum Gasteiger partial charge on any atom is -0.0276 e. The van der Waals surface area contributed by atoms with Crippen LogP contribution in [0.2, 0.25) is 0 Å². The molecule has 0 aliphatic heterocycles. The molecule has 194 valence electrons. The molecule has 0 nitrogen and oxygen atoms in total. The van der Waals surface area contributed by atoms with Crippen molar-refractivity contribution in [1.29, 1.82) is 0 Å². The molecule has 0 radical (unpaired) electrons. The second-order valence-corrected chi connectivity index (χ2v) is 12.4. The number of hydrogen-bond acceptors (Lipinski definition) is 0. The van der Waals surface area contributed by atoms with Gasteiger partial charge < -0.3 is 0 Å². The lowest BCUT2D eigenvalue weighted by atomic mass is 9.77. The maximum atomic E-state index is 2.44. The van der Waals surface area contributed by atoms with E-state index >= 15 is 0 Å². The highest BCUT2D eigenvalue weighted by atomic mass is 14.3. The largest absolute Gasteiger partial charge is 0.0654 e. The predicted octanol–water partition coefficient (Wildman–Crippen LogP) is 11.1. The smallest absolute Gasteiger partial charge is 0.0276 e. The fourth-order valence-electron chi connectivity index (χ4n) is 6.99. The van der Waals surface area contributed by atoms with Crippen molar-refractivity contribution in [2.45, 2.75) is 155 Å². The molecule has 34 heavy (non-hydrogen) atoms. The highest BCUT2D eigenvalue weighted by Crippen LogP contribution is 2.35. The SMILES string of the molecule is CCCCC[C@H]1CC[C@H](CCCCc2ccc(CC[C@H]3CC[C@H](CCCCC)CC3)cc2)CC1. The average molecular weight is 467 g/mol. The third kappa shape index (κ3) is 10.9. The van der Waals surface area contributed by atoms with E-state index in [4.69, 9.17) is 0 Å². The summed E-state index contributed by atoms with van der Waals surface area (Å²) in [5.41, 5.74) is 3.14. The second kappa shape index (κ2) is 16.8. The lowest BCUT2D eigenvalue weighted by Gasteiger charge is -2.28. The molecule has 0 atom stereocenters. The van der Waals surface area contributed by atoms with Gasteiger partial charge in [-0.25, -0.2) is 0 Å². The van der Waals surface area contributed by atoms with Crippen LogP contribution in [0.5, 0.6) is 0 Å². The molecule has 1 aromatic carbocycles. The molecule has 2 aliphatic rings. The highest BCUT2D eigenvalue weighted by Gasteiger charge is 2.21. The van der Waals surface area contributed by atoms with E-state index in [1.165, 1.54) is 141 Å². The van der Waals surface area contributed by atoms with Gasteiger partial charge in [0, 0.05) is 0 Å². The lowest BCUT2D eigenvalue weighted by Crippen LogP contribution is -2.15. The minimum Gasteiger partial charge on any atom is -0.0654 e. The fourth-order valence-corrected chi connectivity index (χ4v) is 6.99. The van der Waals surface area contributed by atoms with Gasteiger partial charge in [0.15, 0.2) is 0 Å². The molecule has 0 amide bonds. The summed E-state index contributed by atoms with van der Waals surface area (Å²) in [6.07, 6.45) is 32.0. The molecule has 0 unspecified atom stereocenters. The van der Waals surface area contributed by atoms with Crippen LogP contribution in [0.3, 0.4) is 0 Å². The van der Waals surface area contributed by atoms with Crippen molar-refractivity contribution in [2.24, 2.45) is 23.7 Å². The monoisotopic (exact) mass is 466 g/mol. The summed E-state index contributed by atoms with van der Waals surface area (Å²) in [5, 5.41) is 0. The zero-order valence-electron chi connectivity index (χ0n) is 23.2. The van der Waals surface area contributed by atoms with Crippen LogP contribution in [0.1, 0.15) is 153 Å². The van der Waals surface area contributed by atoms with Gasteiger partial charge in [-0.15, -0.1) is 0 Å². The Bertz CT molecular complexity index is 597. The first-order valence-electron chi connectivity index (χ1n) is 15.8. The Hall–Kier alpha value is -0.780. The number of unbranched alkanes of at least 4 members (excludes halogenated alkanes) is 5. The zero-order chi connectivity index (χ0) is 23.8. The molecular weight excluding hydrogens is 408 g/mol. The highest BCUT2D eigenvalue weighted by molar-refractivity contribution is 5.22. The quantitative estimate of drug-likeness (QED) is 0.212. The zero-order valence-corrected chi connectivity index (χ0v) is 23.2. The van der Waals surface area contributed by atoms with Crippen molar-refractivity contribution in [3.63, 3.8) is 0 Å². The van der Waals surface area contributed by atoms with Crippen molar-refractivity contribution in [3.8, 4) is 0 Å². The molecule has 2 fully saturated rings. The number of rotatable bonds is 16. The van der Waals surface area contributed by atoms with E-state index in [0.717, 1.165) is 23.7 Å². The molecule has 3 rings (SSSR count). The summed E-state index contributed by atoms with van der Waals surface area (Å²) in [6, 6.07) is 9.74. The first kappa shape index (κ1) is 27.8. The van der Waals surface area contributed by atoms with Gasteiger partial charge in [0.2, 0.25) is 0 Å². The van der Waals surface area contributed by atoms with Crippen LogP contribution >= 0.6 is 0 Å². The number of aryl methyl sites for hydroxylation is 2. The van der Waals surface area contributed by atoms with Gasteiger partial charge in [-0.1, -0.05) is 154 Å². The van der Waals surface area contributed by atoms with Crippen LogP contribution in [-0.2, 0) is 12.8 Å². The first-order valence-corrected chi connectivity index (χ1v) is 15.8. The molecule has 0 heterocycles. The van der Waals surface area contributed by atoms with Crippen LogP contribution in [0, 0.1) is 23.7 Å². The summed E-state index contributed by atoms with van der Waals surface area (Å²) in [5.74, 6) is 4.14. The van der Waals surface area contributed by atoms with Gasteiger partial charge >= 0.3 is 0 Å². The summed E-state index contributed by atoms with van der Waals surface area (Å²) in [7, 11) is 0. The molecule has 2 saturated carbocycles. The predicted molar refractivity (Wildman–Crippen MR) is 151 cm³/mol. The van der Waals surface area contributed by atoms with Crippen molar-refractivity contribution < 1.29 is 0 Å². The minimum absolute atomic E-state index is 0.994. The third-order valence-corrected chi connectivity index (χ3v) is 9.56. The van der Waals surface area contributed by atoms with Gasteiger partial charge in [0.1, 0.15) is 0 Å². The van der Waals surface area contributed by atoms with Crippen LogP contribution in [-0.4, -0.2) is 0 Å². The molecule has 0 spiro atoms. The van der Waals surface area contributed by atoms with Gasteiger partial charge in [-0.2, -0.15) is 0 Å². The molecule has 0 saturated heterocycles. The minimum atomic E-state index is 0.994. The van der Waals surface area contributed by atoms with Crippen molar-refractivity contribution in [3.05, 3.63) is 35.4 Å². The molecule has 0 N–H and O–H groups in total. The lowest BCUT2D eigenvalue weighted by molar-refractivity contribution is 0.245. The second-order valence-electron chi connectivity index (χ2n) is 12.4. The Morgan fingerprint density at radius 2 is 0.794 bits per heavy atom. The number of hydrogen-bond donors (Lipinski definition) is 0. The van der Waals surface area contributed by atoms with E-state index in [2.05, 4.69) is 38.1 Å². The van der Waals surface area contributed by atoms with E-state index in [9.17, 15) is 0 Å². The molecule has 0 heteroatoms. The van der Waals surface area contributed by atoms with Crippen LogP contribution < -0.4 is 0 Å². The van der Waals surface area contributed by atoms with E-state index in [0.29, 0.717) is 0 Å². The number of benzene rings is 1. The Labute approximate surface area is 214 Å². The Morgan fingerprint density at radius 3 is 1.21 bits per heavy atom. The topological polar surface area (TPSA) is 0 Å². The van der Waals surface area contributed by atoms with E-state index in [1.807, 2.05) is 0 Å². The fraction of sp³-hybridized carbons (Fsp3) is 0.824. The van der Waals surface area contributed by atoms with Gasteiger partial charge in [-0.3, -0.25) is 0 Å².